The molecule has 2 aliphatic heterocycles. The van der Waals surface area contributed by atoms with Gasteiger partial charge < -0.3 is 26.0 Å². The molecule has 0 bridgehead atoms. The van der Waals surface area contributed by atoms with Crippen molar-refractivity contribution < 1.29 is 23.9 Å². The van der Waals surface area contributed by atoms with Gasteiger partial charge in [-0.2, -0.15) is 5.10 Å². The summed E-state index contributed by atoms with van der Waals surface area (Å²) in [5.41, 5.74) is 10.7. The van der Waals surface area contributed by atoms with Crippen LogP contribution >= 0.6 is 0 Å². The van der Waals surface area contributed by atoms with E-state index < -0.39 is 29.6 Å². The SMILES string of the molecule is Nc1ncnn2c(C3CCN(CCO)CC3)cc(-c3ccc(NC(=O)C4=CC5C(=O)CCCC5N(c5ccc(F)cc5)C4=O)cc3)c12. The summed E-state index contributed by atoms with van der Waals surface area (Å²) in [4.78, 5) is 48.2. The number of nitrogens with two attached hydrogens (primary N) is 1. The lowest BCUT2D eigenvalue weighted by molar-refractivity contribution is -0.125. The lowest BCUT2D eigenvalue weighted by atomic mass is 9.78. The number of aliphatic hydroxyl groups excluding tert-OH is 1. The van der Waals surface area contributed by atoms with Crippen molar-refractivity contribution in [2.45, 2.75) is 44.1 Å². The first-order valence-corrected chi connectivity index (χ1v) is 16.0. The third-order valence-corrected chi connectivity index (χ3v) is 9.67. The van der Waals surface area contributed by atoms with Crippen LogP contribution in [0.2, 0.25) is 0 Å². The summed E-state index contributed by atoms with van der Waals surface area (Å²) in [6.45, 7) is 2.59. The number of hydrogen-bond donors (Lipinski definition) is 3. The van der Waals surface area contributed by atoms with Crippen molar-refractivity contribution in [2.24, 2.45) is 5.92 Å². The van der Waals surface area contributed by atoms with Crippen LogP contribution in [0.4, 0.5) is 21.6 Å². The molecule has 4 N–H and O–H groups in total. The number of hydrogen-bond acceptors (Lipinski definition) is 8. The molecule has 12 heteroatoms. The molecule has 0 radical (unpaired) electrons. The van der Waals surface area contributed by atoms with Crippen LogP contribution < -0.4 is 16.0 Å². The Morgan fingerprint density at radius 2 is 1.79 bits per heavy atom. The van der Waals surface area contributed by atoms with Crippen LogP contribution in [0.3, 0.4) is 0 Å². The van der Waals surface area contributed by atoms with Gasteiger partial charge in [0.25, 0.3) is 11.8 Å². The van der Waals surface area contributed by atoms with Crippen molar-refractivity contribution >= 4 is 40.3 Å². The minimum absolute atomic E-state index is 0.0198. The van der Waals surface area contributed by atoms with E-state index in [0.717, 1.165) is 42.8 Å². The number of anilines is 3. The highest BCUT2D eigenvalue weighted by Gasteiger charge is 2.44. The number of benzene rings is 2. The number of β-amino-alcohol motifs (C(OH)–C–C–N with tert-alkyl or cyclic N) is 1. The molecular formula is C35H36FN7O4. The number of ketones is 1. The number of likely N-dealkylation sites (tertiary alicyclic amines) is 1. The van der Waals surface area contributed by atoms with Crippen molar-refractivity contribution in [3.8, 4) is 11.1 Å². The van der Waals surface area contributed by atoms with E-state index in [1.807, 2.05) is 16.6 Å². The van der Waals surface area contributed by atoms with Gasteiger partial charge in [0.1, 0.15) is 29.0 Å². The van der Waals surface area contributed by atoms with Gasteiger partial charge in [-0.3, -0.25) is 14.4 Å². The predicted molar refractivity (Wildman–Crippen MR) is 175 cm³/mol. The maximum Gasteiger partial charge on any atom is 0.263 e. The topological polar surface area (TPSA) is 146 Å². The highest BCUT2D eigenvalue weighted by molar-refractivity contribution is 6.28. The molecule has 7 rings (SSSR count). The highest BCUT2D eigenvalue weighted by atomic mass is 19.1. The number of aromatic nitrogens is 3. The summed E-state index contributed by atoms with van der Waals surface area (Å²) in [6.07, 6.45) is 6.46. The fraction of sp³-hybridized carbons (Fsp3) is 0.343. The predicted octanol–water partition coefficient (Wildman–Crippen LogP) is 3.94. The Bertz CT molecular complexity index is 1860. The third-order valence-electron chi connectivity index (χ3n) is 9.67. The zero-order valence-corrected chi connectivity index (χ0v) is 25.8. The number of rotatable bonds is 7. The number of carbonyl (C=O) groups excluding carboxylic acids is 3. The fourth-order valence-electron chi connectivity index (χ4n) is 7.28. The normalized spacial score (nSPS) is 20.7. The quantitative estimate of drug-likeness (QED) is 0.259. The number of aliphatic hydroxyl groups is 1. The second-order valence-corrected chi connectivity index (χ2v) is 12.4. The number of carbonyl (C=O) groups is 3. The molecular weight excluding hydrogens is 601 g/mol. The van der Waals surface area contributed by atoms with Gasteiger partial charge in [0.15, 0.2) is 5.82 Å². The van der Waals surface area contributed by atoms with Crippen LogP contribution in [-0.2, 0) is 14.4 Å². The van der Waals surface area contributed by atoms with Gasteiger partial charge >= 0.3 is 0 Å². The van der Waals surface area contributed by atoms with Gasteiger partial charge in [0, 0.05) is 41.5 Å². The van der Waals surface area contributed by atoms with Crippen LogP contribution in [0.1, 0.15) is 43.7 Å². The van der Waals surface area contributed by atoms with E-state index in [9.17, 15) is 23.9 Å². The maximum atomic E-state index is 13.7. The number of fused-ring (bicyclic) bond motifs is 2. The van der Waals surface area contributed by atoms with E-state index in [1.54, 1.807) is 12.1 Å². The molecule has 2 amide bonds. The Labute approximate surface area is 270 Å². The molecule has 2 aromatic carbocycles. The van der Waals surface area contributed by atoms with Crippen LogP contribution in [0.15, 0.2) is 72.6 Å². The van der Waals surface area contributed by atoms with Gasteiger partial charge in [-0.15, -0.1) is 0 Å². The molecule has 1 saturated heterocycles. The van der Waals surface area contributed by atoms with Gasteiger partial charge in [-0.05, 0) is 86.8 Å². The lowest BCUT2D eigenvalue weighted by Gasteiger charge is -2.41. The molecule has 11 nitrogen and oxygen atoms in total. The van der Waals surface area contributed by atoms with Crippen molar-refractivity contribution in [1.29, 1.82) is 0 Å². The molecule has 2 unspecified atom stereocenters. The Kier molecular flexibility index (Phi) is 8.29. The Balaban J connectivity index is 1.14. The largest absolute Gasteiger partial charge is 0.395 e. The van der Waals surface area contributed by atoms with E-state index >= 15 is 0 Å². The molecule has 2 atom stereocenters. The molecule has 1 saturated carbocycles. The second kappa shape index (κ2) is 12.7. The third kappa shape index (κ3) is 5.79. The van der Waals surface area contributed by atoms with Crippen molar-refractivity contribution in [1.82, 2.24) is 19.5 Å². The number of halogens is 1. The average Bonchev–Trinajstić information content (AvgIpc) is 3.47. The Hall–Kier alpha value is -4.94. The molecule has 47 heavy (non-hydrogen) atoms. The van der Waals surface area contributed by atoms with Crippen molar-refractivity contribution in [3.63, 3.8) is 0 Å². The molecule has 4 heterocycles. The Morgan fingerprint density at radius 3 is 2.51 bits per heavy atom. The van der Waals surface area contributed by atoms with Gasteiger partial charge in [-0.25, -0.2) is 13.9 Å². The summed E-state index contributed by atoms with van der Waals surface area (Å²) >= 11 is 0. The van der Waals surface area contributed by atoms with Crippen molar-refractivity contribution in [2.75, 3.05) is 42.2 Å². The first-order chi connectivity index (χ1) is 22.8. The number of piperidine rings is 1. The average molecular weight is 638 g/mol. The fourth-order valence-corrected chi connectivity index (χ4v) is 7.28. The number of amides is 2. The number of nitrogens with one attached hydrogen (secondary N) is 1. The molecule has 2 fully saturated rings. The van der Waals surface area contributed by atoms with Crippen molar-refractivity contribution in [3.05, 3.63) is 84.1 Å². The molecule has 242 valence electrons. The maximum absolute atomic E-state index is 13.7. The van der Waals surface area contributed by atoms with Crippen LogP contribution in [0.25, 0.3) is 16.6 Å². The number of nitrogen functional groups attached to an aromatic ring is 1. The van der Waals surface area contributed by atoms with E-state index in [1.165, 1.54) is 41.6 Å². The summed E-state index contributed by atoms with van der Waals surface area (Å²) < 4.78 is 15.6. The van der Waals surface area contributed by atoms with Gasteiger partial charge in [0.05, 0.1) is 18.6 Å². The molecule has 4 aromatic rings. The standard InChI is InChI=1S/C35H36FN7O4/c36-23-6-10-25(11-7-23)42-29-2-1-3-31(45)27(29)18-28(35(42)47)34(46)40-24-8-4-21(5-9-24)26-19-30(43-32(26)33(37)38-20-39-43)22-12-14-41(15-13-22)16-17-44/h4-11,18-20,22,27,29,44H,1-3,12-17H2,(H,40,46)(H2,37,38,39). The lowest BCUT2D eigenvalue weighted by Crippen LogP contribution is -2.53. The Morgan fingerprint density at radius 1 is 1.04 bits per heavy atom. The van der Waals surface area contributed by atoms with E-state index in [2.05, 4.69) is 26.4 Å². The summed E-state index contributed by atoms with van der Waals surface area (Å²) in [5, 5.41) is 16.7. The second-order valence-electron chi connectivity index (χ2n) is 12.4. The highest BCUT2D eigenvalue weighted by Crippen LogP contribution is 2.38. The van der Waals surface area contributed by atoms with Crippen LogP contribution in [-0.4, -0.2) is 74.5 Å². The smallest absolute Gasteiger partial charge is 0.263 e. The first-order valence-electron chi connectivity index (χ1n) is 16.0. The minimum Gasteiger partial charge on any atom is -0.395 e. The monoisotopic (exact) mass is 637 g/mol. The van der Waals surface area contributed by atoms with E-state index in [-0.39, 0.29) is 23.9 Å². The van der Waals surface area contributed by atoms with Crippen LogP contribution in [0, 0.1) is 11.7 Å². The summed E-state index contributed by atoms with van der Waals surface area (Å²) in [7, 11) is 0. The number of nitrogens with zero attached hydrogens (tertiary/aromatic N) is 5. The van der Waals surface area contributed by atoms with Crippen LogP contribution in [0.5, 0.6) is 0 Å². The molecule has 2 aromatic heterocycles. The summed E-state index contributed by atoms with van der Waals surface area (Å²) in [5.74, 6) is -1.58. The first kappa shape index (κ1) is 30.7. The molecule has 1 aliphatic carbocycles. The zero-order valence-electron chi connectivity index (χ0n) is 25.8. The van der Waals surface area contributed by atoms with E-state index in [0.29, 0.717) is 48.5 Å². The van der Waals surface area contributed by atoms with Gasteiger partial charge in [0.2, 0.25) is 0 Å². The van der Waals surface area contributed by atoms with Gasteiger partial charge in [-0.1, -0.05) is 18.2 Å². The minimum atomic E-state index is -0.617. The zero-order chi connectivity index (χ0) is 32.7. The van der Waals surface area contributed by atoms with E-state index in [4.69, 9.17) is 5.73 Å². The number of Topliss-reactive ketones (excluding diaryl/α,β-unsaturated/α-hetero) is 1. The molecule has 3 aliphatic rings. The summed E-state index contributed by atoms with van der Waals surface area (Å²) in [6, 6.07) is 14.5. The molecule has 0 spiro atoms.